The number of nitrogens with zero attached hydrogens (tertiary/aromatic N) is 1. The number of allylic oxidation sites excluding steroid dienone is 1. The van der Waals surface area contributed by atoms with Crippen LogP contribution in [-0.2, 0) is 19.0 Å². The lowest BCUT2D eigenvalue weighted by Gasteiger charge is -2.09. The molecule has 0 N–H and O–H groups in total. The topological polar surface area (TPSA) is 95.7 Å². The summed E-state index contributed by atoms with van der Waals surface area (Å²) in [6, 6.07) is 4.40. The van der Waals surface area contributed by atoms with E-state index in [0.717, 1.165) is 6.26 Å². The zero-order valence-electron chi connectivity index (χ0n) is 13.0. The maximum absolute atomic E-state index is 11.4. The molecular weight excluding hydrogens is 322 g/mol. The Labute approximate surface area is 134 Å². The first-order chi connectivity index (χ1) is 10.7. The molecule has 0 spiro atoms. The number of benzene rings is 1. The van der Waals surface area contributed by atoms with Gasteiger partial charge >= 0.3 is 0 Å². The summed E-state index contributed by atoms with van der Waals surface area (Å²) in [7, 11) is -3.47. The average Bonchev–Trinajstić information content (AvgIpc) is 2.44. The molecule has 0 fully saturated rings. The van der Waals surface area contributed by atoms with Crippen LogP contribution in [0, 0.1) is 6.92 Å². The molecule has 0 aromatic rings. The number of fused-ring (bicyclic) bond motifs is 1. The highest BCUT2D eigenvalue weighted by molar-refractivity contribution is 7.85. The van der Waals surface area contributed by atoms with Gasteiger partial charge in [0.25, 0.3) is 10.1 Å². The van der Waals surface area contributed by atoms with Gasteiger partial charge in [-0.3, -0.25) is 8.98 Å². The van der Waals surface area contributed by atoms with Crippen molar-refractivity contribution in [3.63, 3.8) is 0 Å². The number of hydrogen-bond acceptors (Lipinski definition) is 7. The number of aryl methyl sites for hydroxylation is 1. The summed E-state index contributed by atoms with van der Waals surface area (Å²) in [4.78, 5) is 15.7. The van der Waals surface area contributed by atoms with Crippen LogP contribution in [0.4, 0.5) is 0 Å². The van der Waals surface area contributed by atoms with E-state index in [-0.39, 0.29) is 18.6 Å². The second-order valence-electron chi connectivity index (χ2n) is 4.92. The zero-order chi connectivity index (χ0) is 17.0. The van der Waals surface area contributed by atoms with Gasteiger partial charge in [0.05, 0.1) is 17.7 Å². The Morgan fingerprint density at radius 1 is 1.35 bits per heavy atom. The molecule has 1 aliphatic carbocycles. The predicted molar refractivity (Wildman–Crippen MR) is 84.5 cm³/mol. The molecule has 0 atom stereocenters. The SMILES string of the molecule is C/C(=C\c1oc2cc(=O)ccc-2nc1C)OCCOS(C)(=O)=O. The first kappa shape index (κ1) is 17.2. The third-order valence-corrected chi connectivity index (χ3v) is 3.44. The Hall–Kier alpha value is -2.19. The van der Waals surface area contributed by atoms with Crippen molar-refractivity contribution in [1.82, 2.24) is 4.98 Å². The Balaban J connectivity index is 2.12. The highest BCUT2D eigenvalue weighted by Gasteiger charge is 2.11. The van der Waals surface area contributed by atoms with Crippen molar-refractivity contribution in [2.45, 2.75) is 13.8 Å². The van der Waals surface area contributed by atoms with Crippen molar-refractivity contribution in [2.75, 3.05) is 19.5 Å². The quantitative estimate of drug-likeness (QED) is 0.450. The van der Waals surface area contributed by atoms with Gasteiger partial charge in [-0.25, -0.2) is 4.98 Å². The summed E-state index contributed by atoms with van der Waals surface area (Å²) in [5.74, 6) is 1.36. The van der Waals surface area contributed by atoms with Crippen molar-refractivity contribution in [2.24, 2.45) is 0 Å². The van der Waals surface area contributed by atoms with Gasteiger partial charge in [0.15, 0.2) is 16.9 Å². The Bertz CT molecular complexity index is 853. The lowest BCUT2D eigenvalue weighted by Crippen LogP contribution is -2.09. The minimum atomic E-state index is -3.47. The minimum absolute atomic E-state index is 0.0738. The highest BCUT2D eigenvalue weighted by atomic mass is 32.2. The van der Waals surface area contributed by atoms with E-state index in [1.54, 1.807) is 26.0 Å². The lowest BCUT2D eigenvalue weighted by atomic mass is 10.2. The Morgan fingerprint density at radius 3 is 2.78 bits per heavy atom. The van der Waals surface area contributed by atoms with Gasteiger partial charge < -0.3 is 9.15 Å². The summed E-state index contributed by atoms with van der Waals surface area (Å²) < 4.78 is 37.2. The smallest absolute Gasteiger partial charge is 0.264 e. The van der Waals surface area contributed by atoms with E-state index in [9.17, 15) is 13.2 Å². The van der Waals surface area contributed by atoms with Crippen LogP contribution in [0.2, 0.25) is 0 Å². The first-order valence-electron chi connectivity index (χ1n) is 6.81. The molecule has 0 bridgehead atoms. The van der Waals surface area contributed by atoms with Crippen LogP contribution in [0.3, 0.4) is 0 Å². The second-order valence-corrected chi connectivity index (χ2v) is 6.57. The largest absolute Gasteiger partial charge is 0.496 e. The van der Waals surface area contributed by atoms with Crippen LogP contribution in [-0.4, -0.2) is 32.9 Å². The fourth-order valence-corrected chi connectivity index (χ4v) is 2.22. The van der Waals surface area contributed by atoms with Gasteiger partial charge in [-0.15, -0.1) is 0 Å². The summed E-state index contributed by atoms with van der Waals surface area (Å²) in [5, 5.41) is 0. The van der Waals surface area contributed by atoms with Crippen molar-refractivity contribution < 1.29 is 21.8 Å². The maximum Gasteiger partial charge on any atom is 0.264 e. The normalized spacial score (nSPS) is 12.6. The highest BCUT2D eigenvalue weighted by Crippen LogP contribution is 2.22. The van der Waals surface area contributed by atoms with Gasteiger partial charge in [0, 0.05) is 12.1 Å². The minimum Gasteiger partial charge on any atom is -0.496 e. The molecule has 2 aliphatic rings. The number of rotatable bonds is 6. The van der Waals surface area contributed by atoms with Crippen LogP contribution in [0.25, 0.3) is 17.5 Å². The van der Waals surface area contributed by atoms with E-state index in [1.807, 2.05) is 0 Å². The van der Waals surface area contributed by atoms with E-state index >= 15 is 0 Å². The van der Waals surface area contributed by atoms with Crippen LogP contribution >= 0.6 is 0 Å². The summed E-state index contributed by atoms with van der Waals surface area (Å²) in [6.45, 7) is 3.49. The third kappa shape index (κ3) is 5.19. The summed E-state index contributed by atoms with van der Waals surface area (Å²) in [6.07, 6.45) is 2.60. The summed E-state index contributed by atoms with van der Waals surface area (Å²) >= 11 is 0. The molecule has 2 rings (SSSR count). The van der Waals surface area contributed by atoms with Crippen molar-refractivity contribution in [3.8, 4) is 11.5 Å². The number of aromatic nitrogens is 1. The molecule has 0 aromatic carbocycles. The van der Waals surface area contributed by atoms with Crippen LogP contribution in [0.1, 0.15) is 18.4 Å². The van der Waals surface area contributed by atoms with Crippen molar-refractivity contribution >= 4 is 16.2 Å². The average molecular weight is 339 g/mol. The van der Waals surface area contributed by atoms with Gasteiger partial charge in [-0.1, -0.05) is 0 Å². The van der Waals surface area contributed by atoms with E-state index in [1.165, 1.54) is 12.1 Å². The Kier molecular flexibility index (Phi) is 5.17. The van der Waals surface area contributed by atoms with E-state index < -0.39 is 10.1 Å². The molecule has 0 radical (unpaired) electrons. The second kappa shape index (κ2) is 6.93. The fraction of sp³-hybridized carbons (Fsp3) is 0.333. The van der Waals surface area contributed by atoms with Crippen LogP contribution in [0.15, 0.2) is 33.2 Å². The van der Waals surface area contributed by atoms with E-state index in [2.05, 4.69) is 9.17 Å². The third-order valence-electron chi connectivity index (χ3n) is 2.84. The predicted octanol–water partition coefficient (Wildman–Crippen LogP) is 1.80. The molecular formula is C15H17NO6S. The molecule has 1 aliphatic heterocycles. The van der Waals surface area contributed by atoms with Gasteiger partial charge in [0.1, 0.15) is 18.9 Å². The Morgan fingerprint density at radius 2 is 2.09 bits per heavy atom. The molecule has 124 valence electrons. The molecule has 1 heterocycles. The maximum atomic E-state index is 11.4. The van der Waals surface area contributed by atoms with Gasteiger partial charge in [-0.05, 0) is 26.0 Å². The molecule has 0 saturated carbocycles. The van der Waals surface area contributed by atoms with Crippen molar-refractivity contribution in [1.29, 1.82) is 0 Å². The first-order valence-corrected chi connectivity index (χ1v) is 8.63. The number of ether oxygens (including phenoxy) is 1. The lowest BCUT2D eigenvalue weighted by molar-refractivity contribution is 0.163. The van der Waals surface area contributed by atoms with Gasteiger partial charge in [-0.2, -0.15) is 8.42 Å². The van der Waals surface area contributed by atoms with Gasteiger partial charge in [0.2, 0.25) is 0 Å². The fourth-order valence-electron chi connectivity index (χ4n) is 1.84. The van der Waals surface area contributed by atoms with Crippen LogP contribution in [0.5, 0.6) is 0 Å². The molecule has 0 saturated heterocycles. The number of hydrogen-bond donors (Lipinski definition) is 0. The molecule has 7 nitrogen and oxygen atoms in total. The molecule has 0 unspecified atom stereocenters. The van der Waals surface area contributed by atoms with Crippen molar-refractivity contribution in [3.05, 3.63) is 45.6 Å². The molecule has 0 aromatic heterocycles. The molecule has 0 amide bonds. The monoisotopic (exact) mass is 339 g/mol. The summed E-state index contributed by atoms with van der Waals surface area (Å²) in [5.41, 5.74) is 1.08. The molecule has 23 heavy (non-hydrogen) atoms. The van der Waals surface area contributed by atoms with Crippen LogP contribution < -0.4 is 5.43 Å². The van der Waals surface area contributed by atoms with E-state index in [0.29, 0.717) is 28.7 Å². The standard InChI is InChI=1S/C15H17NO6S/c1-10(20-6-7-21-23(3,18)19)8-14-11(2)16-13-5-4-12(17)9-15(13)22-14/h4-5,8-9H,6-7H2,1-3H3/b10-8+. The van der Waals surface area contributed by atoms with E-state index in [4.69, 9.17) is 9.15 Å². The molecule has 8 heteroatoms. The zero-order valence-corrected chi connectivity index (χ0v) is 13.8.